The molecule has 1 aromatic rings. The third-order valence-electron chi connectivity index (χ3n) is 2.19. The quantitative estimate of drug-likeness (QED) is 0.888. The van der Waals surface area contributed by atoms with E-state index in [1.165, 1.54) is 0 Å². The molecule has 0 saturated heterocycles. The second-order valence-corrected chi connectivity index (χ2v) is 4.35. The minimum atomic E-state index is -0.0208. The van der Waals surface area contributed by atoms with Crippen molar-refractivity contribution < 1.29 is 4.79 Å². The second-order valence-electron chi connectivity index (χ2n) is 3.44. The zero-order chi connectivity index (χ0) is 10.7. The van der Waals surface area contributed by atoms with Gasteiger partial charge in [0.15, 0.2) is 0 Å². The van der Waals surface area contributed by atoms with Gasteiger partial charge in [-0.3, -0.25) is 4.79 Å². The van der Waals surface area contributed by atoms with Crippen LogP contribution in [-0.2, 0) is 7.05 Å². The molecule has 0 aliphatic heterocycles. The van der Waals surface area contributed by atoms with Crippen LogP contribution in [0.3, 0.4) is 0 Å². The molecule has 1 rings (SSSR count). The number of hydrogen-bond donors (Lipinski definition) is 1. The first-order chi connectivity index (χ1) is 6.54. The Labute approximate surface area is 92.6 Å². The average Bonchev–Trinajstić information content (AvgIpc) is 2.45. The van der Waals surface area contributed by atoms with Crippen LogP contribution in [0.25, 0.3) is 0 Å². The number of halogens is 1. The van der Waals surface area contributed by atoms with Gasteiger partial charge < -0.3 is 9.88 Å². The molecule has 0 bridgehead atoms. The van der Waals surface area contributed by atoms with E-state index in [9.17, 15) is 4.79 Å². The molecule has 0 aromatic carbocycles. The Morgan fingerprint density at radius 2 is 2.36 bits per heavy atom. The number of aryl methyl sites for hydroxylation is 1. The Bertz CT molecular complexity index is 333. The van der Waals surface area contributed by atoms with Gasteiger partial charge in [0.2, 0.25) is 0 Å². The molecule has 1 atom stereocenters. The van der Waals surface area contributed by atoms with E-state index in [0.717, 1.165) is 10.9 Å². The van der Waals surface area contributed by atoms with Crippen LogP contribution in [0.2, 0.25) is 0 Å². The third-order valence-corrected chi connectivity index (χ3v) is 2.63. The predicted octanol–water partition coefficient (Wildman–Crippen LogP) is 2.32. The van der Waals surface area contributed by atoms with E-state index in [2.05, 4.69) is 21.2 Å². The third kappa shape index (κ3) is 2.61. The van der Waals surface area contributed by atoms with E-state index in [4.69, 9.17) is 0 Å². The molecule has 0 aliphatic rings. The van der Waals surface area contributed by atoms with Crippen LogP contribution in [0, 0.1) is 0 Å². The van der Waals surface area contributed by atoms with Crippen molar-refractivity contribution in [2.24, 2.45) is 7.05 Å². The molecular weight excluding hydrogens is 244 g/mol. The SMILES string of the molecule is CCC(C)NC(=O)c1cc(Br)cn1C. The fraction of sp³-hybridized carbons (Fsp3) is 0.500. The lowest BCUT2D eigenvalue weighted by molar-refractivity contribution is 0.0931. The van der Waals surface area contributed by atoms with Gasteiger partial charge in [-0.1, -0.05) is 6.92 Å². The van der Waals surface area contributed by atoms with Gasteiger partial charge in [-0.2, -0.15) is 0 Å². The van der Waals surface area contributed by atoms with Crippen molar-refractivity contribution >= 4 is 21.8 Å². The van der Waals surface area contributed by atoms with Crippen LogP contribution in [0.4, 0.5) is 0 Å². The Kier molecular flexibility index (Phi) is 3.75. The first-order valence-electron chi connectivity index (χ1n) is 4.67. The fourth-order valence-corrected chi connectivity index (χ4v) is 1.67. The first-order valence-corrected chi connectivity index (χ1v) is 5.46. The summed E-state index contributed by atoms with van der Waals surface area (Å²) in [5.74, 6) is -0.0208. The number of carbonyl (C=O) groups excluding carboxylic acids is 1. The molecule has 3 nitrogen and oxygen atoms in total. The van der Waals surface area contributed by atoms with E-state index in [1.54, 1.807) is 0 Å². The molecule has 0 radical (unpaired) electrons. The van der Waals surface area contributed by atoms with Gasteiger partial charge in [0.25, 0.3) is 5.91 Å². The van der Waals surface area contributed by atoms with Gasteiger partial charge in [0.1, 0.15) is 5.69 Å². The lowest BCUT2D eigenvalue weighted by Crippen LogP contribution is -2.33. The fourth-order valence-electron chi connectivity index (χ4n) is 1.15. The average molecular weight is 259 g/mol. The molecular formula is C10H15BrN2O. The van der Waals surface area contributed by atoms with E-state index >= 15 is 0 Å². The maximum absolute atomic E-state index is 11.7. The summed E-state index contributed by atoms with van der Waals surface area (Å²) in [6.07, 6.45) is 2.81. The standard InChI is InChI=1S/C10H15BrN2O/c1-4-7(2)12-10(14)9-5-8(11)6-13(9)3/h5-7H,4H2,1-3H3,(H,12,14). The number of rotatable bonds is 3. The summed E-state index contributed by atoms with van der Waals surface area (Å²) in [4.78, 5) is 11.7. The molecule has 78 valence electrons. The van der Waals surface area contributed by atoms with Crippen LogP contribution in [0.1, 0.15) is 30.8 Å². The van der Waals surface area contributed by atoms with Gasteiger partial charge in [-0.15, -0.1) is 0 Å². The highest BCUT2D eigenvalue weighted by Crippen LogP contribution is 2.13. The largest absolute Gasteiger partial charge is 0.348 e. The zero-order valence-corrected chi connectivity index (χ0v) is 10.3. The highest BCUT2D eigenvalue weighted by atomic mass is 79.9. The van der Waals surface area contributed by atoms with Gasteiger partial charge in [-0.05, 0) is 35.3 Å². The lowest BCUT2D eigenvalue weighted by atomic mass is 10.2. The van der Waals surface area contributed by atoms with Crippen molar-refractivity contribution in [2.75, 3.05) is 0 Å². The molecule has 1 heterocycles. The van der Waals surface area contributed by atoms with Crippen LogP contribution in [0.15, 0.2) is 16.7 Å². The summed E-state index contributed by atoms with van der Waals surface area (Å²) in [6, 6.07) is 2.04. The number of amides is 1. The molecule has 0 spiro atoms. The Balaban J connectivity index is 2.74. The topological polar surface area (TPSA) is 34.0 Å². The Hall–Kier alpha value is -0.770. The Morgan fingerprint density at radius 1 is 1.71 bits per heavy atom. The highest BCUT2D eigenvalue weighted by Gasteiger charge is 2.12. The highest BCUT2D eigenvalue weighted by molar-refractivity contribution is 9.10. The molecule has 4 heteroatoms. The number of carbonyl (C=O) groups is 1. The molecule has 0 saturated carbocycles. The predicted molar refractivity (Wildman–Crippen MR) is 60.3 cm³/mol. The molecule has 0 fully saturated rings. The molecule has 1 unspecified atom stereocenters. The molecule has 1 N–H and O–H groups in total. The summed E-state index contributed by atoms with van der Waals surface area (Å²) < 4.78 is 2.73. The van der Waals surface area contributed by atoms with Crippen molar-refractivity contribution in [2.45, 2.75) is 26.3 Å². The first kappa shape index (κ1) is 11.3. The monoisotopic (exact) mass is 258 g/mol. The van der Waals surface area contributed by atoms with E-state index < -0.39 is 0 Å². The van der Waals surface area contributed by atoms with Crippen molar-refractivity contribution in [1.82, 2.24) is 9.88 Å². The normalized spacial score (nSPS) is 12.6. The summed E-state index contributed by atoms with van der Waals surface area (Å²) in [6.45, 7) is 4.04. The minimum Gasteiger partial charge on any atom is -0.348 e. The maximum Gasteiger partial charge on any atom is 0.268 e. The van der Waals surface area contributed by atoms with E-state index in [-0.39, 0.29) is 11.9 Å². The number of aromatic nitrogens is 1. The number of nitrogens with one attached hydrogen (secondary N) is 1. The van der Waals surface area contributed by atoms with Crippen molar-refractivity contribution in [3.8, 4) is 0 Å². The van der Waals surface area contributed by atoms with Crippen molar-refractivity contribution in [3.63, 3.8) is 0 Å². The lowest BCUT2D eigenvalue weighted by Gasteiger charge is -2.11. The second kappa shape index (κ2) is 4.64. The number of nitrogens with zero attached hydrogens (tertiary/aromatic N) is 1. The summed E-state index contributed by atoms with van der Waals surface area (Å²) in [5, 5.41) is 2.92. The zero-order valence-electron chi connectivity index (χ0n) is 8.67. The smallest absolute Gasteiger partial charge is 0.268 e. The Morgan fingerprint density at radius 3 is 2.79 bits per heavy atom. The number of hydrogen-bond acceptors (Lipinski definition) is 1. The van der Waals surface area contributed by atoms with Crippen molar-refractivity contribution in [1.29, 1.82) is 0 Å². The van der Waals surface area contributed by atoms with Gasteiger partial charge in [0.05, 0.1) is 0 Å². The summed E-state index contributed by atoms with van der Waals surface area (Å²) in [5.41, 5.74) is 0.678. The summed E-state index contributed by atoms with van der Waals surface area (Å²) >= 11 is 3.33. The molecule has 0 aliphatic carbocycles. The van der Waals surface area contributed by atoms with Crippen molar-refractivity contribution in [3.05, 3.63) is 22.4 Å². The van der Waals surface area contributed by atoms with Gasteiger partial charge >= 0.3 is 0 Å². The van der Waals surface area contributed by atoms with Crippen LogP contribution in [-0.4, -0.2) is 16.5 Å². The van der Waals surface area contributed by atoms with Crippen LogP contribution >= 0.6 is 15.9 Å². The van der Waals surface area contributed by atoms with E-state index in [0.29, 0.717) is 5.69 Å². The van der Waals surface area contributed by atoms with Gasteiger partial charge in [0, 0.05) is 23.8 Å². The van der Waals surface area contributed by atoms with Crippen LogP contribution < -0.4 is 5.32 Å². The molecule has 1 aromatic heterocycles. The van der Waals surface area contributed by atoms with Crippen LogP contribution in [0.5, 0.6) is 0 Å². The van der Waals surface area contributed by atoms with E-state index in [1.807, 2.05) is 37.7 Å². The summed E-state index contributed by atoms with van der Waals surface area (Å²) in [7, 11) is 1.86. The van der Waals surface area contributed by atoms with Gasteiger partial charge in [-0.25, -0.2) is 0 Å². The molecule has 14 heavy (non-hydrogen) atoms. The maximum atomic E-state index is 11.7. The minimum absolute atomic E-state index is 0.0208. The molecule has 1 amide bonds.